The fourth-order valence-electron chi connectivity index (χ4n) is 2.10. The molecule has 0 radical (unpaired) electrons. The first-order valence-electron chi connectivity index (χ1n) is 7.88. The van der Waals surface area contributed by atoms with Gasteiger partial charge in [0.2, 0.25) is 0 Å². The topological polar surface area (TPSA) is 38.3 Å². The summed E-state index contributed by atoms with van der Waals surface area (Å²) in [5.74, 6) is 2.36. The SMILES string of the molecule is Cc1cc(OC(C)C(=O)NCCSCc2ccccc2)ccc1Cl. The zero-order chi connectivity index (χ0) is 17.4. The second-order valence-corrected chi connectivity index (χ2v) is 7.01. The smallest absolute Gasteiger partial charge is 0.260 e. The zero-order valence-electron chi connectivity index (χ0n) is 13.9. The van der Waals surface area contributed by atoms with Crippen LogP contribution < -0.4 is 10.1 Å². The van der Waals surface area contributed by atoms with Gasteiger partial charge in [-0.3, -0.25) is 4.79 Å². The lowest BCUT2D eigenvalue weighted by Gasteiger charge is -2.15. The van der Waals surface area contributed by atoms with Crippen molar-refractivity contribution < 1.29 is 9.53 Å². The largest absolute Gasteiger partial charge is 0.481 e. The van der Waals surface area contributed by atoms with Crippen LogP contribution in [0.2, 0.25) is 5.02 Å². The molecule has 2 aromatic rings. The second kappa shape index (κ2) is 9.60. The standard InChI is InChI=1S/C19H22ClNO2S/c1-14-12-17(8-9-18(14)20)23-15(2)19(22)21-10-11-24-13-16-6-4-3-5-7-16/h3-9,12,15H,10-11,13H2,1-2H3,(H,21,22). The van der Waals surface area contributed by atoms with Gasteiger partial charge in [0.25, 0.3) is 5.91 Å². The molecule has 0 aliphatic heterocycles. The van der Waals surface area contributed by atoms with Gasteiger partial charge >= 0.3 is 0 Å². The number of benzene rings is 2. The first kappa shape index (κ1) is 18.7. The van der Waals surface area contributed by atoms with Gasteiger partial charge in [-0.05, 0) is 43.2 Å². The molecule has 3 nitrogen and oxygen atoms in total. The molecule has 0 saturated heterocycles. The van der Waals surface area contributed by atoms with Crippen LogP contribution in [0.15, 0.2) is 48.5 Å². The minimum absolute atomic E-state index is 0.108. The van der Waals surface area contributed by atoms with Gasteiger partial charge in [-0.2, -0.15) is 11.8 Å². The summed E-state index contributed by atoms with van der Waals surface area (Å²) in [5, 5.41) is 3.59. The Morgan fingerprint density at radius 3 is 2.71 bits per heavy atom. The molecule has 0 spiro atoms. The number of carbonyl (C=O) groups excluding carboxylic acids is 1. The molecular weight excluding hydrogens is 342 g/mol. The van der Waals surface area contributed by atoms with Gasteiger partial charge in [-0.1, -0.05) is 41.9 Å². The van der Waals surface area contributed by atoms with E-state index in [-0.39, 0.29) is 5.91 Å². The highest BCUT2D eigenvalue weighted by Gasteiger charge is 2.14. The molecule has 0 aromatic heterocycles. The third-order valence-electron chi connectivity index (χ3n) is 3.47. The monoisotopic (exact) mass is 363 g/mol. The molecule has 5 heteroatoms. The summed E-state index contributed by atoms with van der Waals surface area (Å²) >= 11 is 7.78. The number of thioether (sulfide) groups is 1. The minimum Gasteiger partial charge on any atom is -0.481 e. The van der Waals surface area contributed by atoms with E-state index in [1.54, 1.807) is 30.8 Å². The highest BCUT2D eigenvalue weighted by Crippen LogP contribution is 2.21. The highest BCUT2D eigenvalue weighted by molar-refractivity contribution is 7.98. The average molecular weight is 364 g/mol. The first-order valence-corrected chi connectivity index (χ1v) is 9.41. The molecule has 1 unspecified atom stereocenters. The number of amides is 1. The van der Waals surface area contributed by atoms with Crippen LogP contribution in [-0.2, 0) is 10.5 Å². The molecule has 0 aliphatic rings. The van der Waals surface area contributed by atoms with E-state index in [0.29, 0.717) is 17.3 Å². The van der Waals surface area contributed by atoms with Gasteiger partial charge in [-0.15, -0.1) is 0 Å². The molecule has 0 saturated carbocycles. The Kier molecular flexibility index (Phi) is 7.47. The molecule has 0 heterocycles. The van der Waals surface area contributed by atoms with Crippen LogP contribution >= 0.6 is 23.4 Å². The Morgan fingerprint density at radius 2 is 2.00 bits per heavy atom. The summed E-state index contributed by atoms with van der Waals surface area (Å²) in [7, 11) is 0. The van der Waals surface area contributed by atoms with Gasteiger partial charge in [0.05, 0.1) is 0 Å². The predicted molar refractivity (Wildman–Crippen MR) is 102 cm³/mol. The van der Waals surface area contributed by atoms with Gasteiger partial charge in [0, 0.05) is 23.1 Å². The summed E-state index contributed by atoms with van der Waals surface area (Å²) in [6, 6.07) is 15.7. The van der Waals surface area contributed by atoms with Crippen LogP contribution in [0.5, 0.6) is 5.75 Å². The number of nitrogens with one attached hydrogen (secondary N) is 1. The van der Waals surface area contributed by atoms with Crippen molar-refractivity contribution in [2.75, 3.05) is 12.3 Å². The Hall–Kier alpha value is -1.65. The van der Waals surface area contributed by atoms with Crippen LogP contribution in [0.1, 0.15) is 18.1 Å². The predicted octanol–water partition coefficient (Wildman–Crippen LogP) is 4.47. The van der Waals surface area contributed by atoms with Crippen molar-refractivity contribution in [3.63, 3.8) is 0 Å². The quantitative estimate of drug-likeness (QED) is 0.703. The minimum atomic E-state index is -0.537. The van der Waals surface area contributed by atoms with E-state index >= 15 is 0 Å². The van der Waals surface area contributed by atoms with Crippen LogP contribution in [0.3, 0.4) is 0 Å². The number of aryl methyl sites for hydroxylation is 1. The Bertz CT molecular complexity index is 664. The number of hydrogen-bond acceptors (Lipinski definition) is 3. The number of ether oxygens (including phenoxy) is 1. The van der Waals surface area contributed by atoms with Crippen LogP contribution in [0, 0.1) is 6.92 Å². The maximum Gasteiger partial charge on any atom is 0.260 e. The molecule has 1 atom stereocenters. The third kappa shape index (κ3) is 6.10. The molecular formula is C19H22ClNO2S. The molecule has 2 aromatic carbocycles. The van der Waals surface area contributed by atoms with Crippen molar-refractivity contribution in [2.45, 2.75) is 25.7 Å². The van der Waals surface area contributed by atoms with E-state index in [1.807, 2.05) is 31.2 Å². The van der Waals surface area contributed by atoms with Crippen molar-refractivity contribution in [1.29, 1.82) is 0 Å². The van der Waals surface area contributed by atoms with E-state index in [0.717, 1.165) is 17.1 Å². The maximum atomic E-state index is 12.1. The van der Waals surface area contributed by atoms with E-state index in [9.17, 15) is 4.79 Å². The van der Waals surface area contributed by atoms with E-state index in [4.69, 9.17) is 16.3 Å². The summed E-state index contributed by atoms with van der Waals surface area (Å²) < 4.78 is 5.66. The van der Waals surface area contributed by atoms with Gasteiger partial charge in [0.1, 0.15) is 5.75 Å². The zero-order valence-corrected chi connectivity index (χ0v) is 15.5. The maximum absolute atomic E-state index is 12.1. The molecule has 0 fully saturated rings. The molecule has 24 heavy (non-hydrogen) atoms. The molecule has 128 valence electrons. The lowest BCUT2D eigenvalue weighted by atomic mass is 10.2. The fraction of sp³-hybridized carbons (Fsp3) is 0.316. The third-order valence-corrected chi connectivity index (χ3v) is 4.92. The fourth-order valence-corrected chi connectivity index (χ4v) is 3.04. The summed E-state index contributed by atoms with van der Waals surface area (Å²) in [6.45, 7) is 4.28. The second-order valence-electron chi connectivity index (χ2n) is 5.50. The number of halogens is 1. The van der Waals surface area contributed by atoms with Crippen LogP contribution in [0.4, 0.5) is 0 Å². The Morgan fingerprint density at radius 1 is 1.25 bits per heavy atom. The summed E-state index contributed by atoms with van der Waals surface area (Å²) in [6.07, 6.45) is -0.537. The average Bonchev–Trinajstić information content (AvgIpc) is 2.58. The van der Waals surface area contributed by atoms with Crippen LogP contribution in [-0.4, -0.2) is 24.3 Å². The highest BCUT2D eigenvalue weighted by atomic mass is 35.5. The van der Waals surface area contributed by atoms with Crippen molar-refractivity contribution in [1.82, 2.24) is 5.32 Å². The van der Waals surface area contributed by atoms with Gasteiger partial charge in [0.15, 0.2) is 6.10 Å². The van der Waals surface area contributed by atoms with Gasteiger partial charge < -0.3 is 10.1 Å². The first-order chi connectivity index (χ1) is 11.6. The lowest BCUT2D eigenvalue weighted by molar-refractivity contribution is -0.127. The summed E-state index contributed by atoms with van der Waals surface area (Å²) in [4.78, 5) is 12.1. The van der Waals surface area contributed by atoms with Crippen molar-refractivity contribution in [2.24, 2.45) is 0 Å². The molecule has 2 rings (SSSR count). The van der Waals surface area contributed by atoms with E-state index in [2.05, 4.69) is 17.4 Å². The summed E-state index contributed by atoms with van der Waals surface area (Å²) in [5.41, 5.74) is 2.22. The van der Waals surface area contributed by atoms with Crippen LogP contribution in [0.25, 0.3) is 0 Å². The van der Waals surface area contributed by atoms with Crippen molar-refractivity contribution in [3.8, 4) is 5.75 Å². The van der Waals surface area contributed by atoms with Crippen molar-refractivity contribution >= 4 is 29.3 Å². The Labute approximate surface area is 152 Å². The number of rotatable bonds is 8. The van der Waals surface area contributed by atoms with E-state index in [1.165, 1.54) is 5.56 Å². The number of carbonyl (C=O) groups is 1. The molecule has 1 amide bonds. The van der Waals surface area contributed by atoms with Gasteiger partial charge in [-0.25, -0.2) is 0 Å². The molecule has 0 bridgehead atoms. The molecule has 0 aliphatic carbocycles. The lowest BCUT2D eigenvalue weighted by Crippen LogP contribution is -2.37. The molecule has 1 N–H and O–H groups in total. The Balaban J connectivity index is 1.67. The normalized spacial score (nSPS) is 11.8. The van der Waals surface area contributed by atoms with E-state index < -0.39 is 6.10 Å². The van der Waals surface area contributed by atoms with Crippen molar-refractivity contribution in [3.05, 3.63) is 64.7 Å². The number of hydrogen-bond donors (Lipinski definition) is 1.